The van der Waals surface area contributed by atoms with Crippen molar-refractivity contribution < 1.29 is 4.74 Å². The second-order valence-electron chi connectivity index (χ2n) is 2.28. The van der Waals surface area contributed by atoms with Gasteiger partial charge in [-0.1, -0.05) is 0 Å². The summed E-state index contributed by atoms with van der Waals surface area (Å²) >= 11 is 10.4. The number of thiol groups is 2. The van der Waals surface area contributed by atoms with Gasteiger partial charge in [0.15, 0.2) is 0 Å². The highest BCUT2D eigenvalue weighted by Crippen LogP contribution is 2.24. The largest absolute Gasteiger partial charge is 0.379 e. The van der Waals surface area contributed by atoms with E-state index in [0.717, 1.165) is 24.7 Å². The fraction of sp³-hybridized carbons (Fsp3) is 1.00. The van der Waals surface area contributed by atoms with Crippen LogP contribution in [0.5, 0.6) is 0 Å². The van der Waals surface area contributed by atoms with Crippen LogP contribution in [0.4, 0.5) is 0 Å². The monoisotopic (exact) mass is 196 g/mol. The molecule has 0 aromatic carbocycles. The van der Waals surface area contributed by atoms with Gasteiger partial charge in [0, 0.05) is 22.0 Å². The minimum atomic E-state index is 0.578. The standard InChI is InChI=1S/C6H12OS3/c8-3-5-1-7-2-6(4-9)10-5/h5-6,8-9H,1-4H2/t5-,6-/m1/s1. The number of hydrogen-bond donors (Lipinski definition) is 2. The van der Waals surface area contributed by atoms with Crippen LogP contribution < -0.4 is 0 Å². The van der Waals surface area contributed by atoms with Gasteiger partial charge in [0.25, 0.3) is 0 Å². The molecule has 0 aromatic heterocycles. The van der Waals surface area contributed by atoms with Gasteiger partial charge in [-0.2, -0.15) is 25.3 Å². The van der Waals surface area contributed by atoms with Crippen LogP contribution in [0, 0.1) is 0 Å². The Kier molecular flexibility index (Phi) is 4.37. The van der Waals surface area contributed by atoms with Gasteiger partial charge in [-0.05, 0) is 0 Å². The van der Waals surface area contributed by atoms with Gasteiger partial charge in [-0.3, -0.25) is 0 Å². The van der Waals surface area contributed by atoms with Crippen LogP contribution in [0.1, 0.15) is 0 Å². The van der Waals surface area contributed by atoms with Gasteiger partial charge in [-0.15, -0.1) is 11.8 Å². The molecule has 0 unspecified atom stereocenters. The van der Waals surface area contributed by atoms with Crippen molar-refractivity contribution in [1.29, 1.82) is 0 Å². The number of hydrogen-bond acceptors (Lipinski definition) is 4. The maximum atomic E-state index is 5.36. The minimum absolute atomic E-state index is 0.578. The van der Waals surface area contributed by atoms with Gasteiger partial charge in [0.1, 0.15) is 0 Å². The molecule has 1 rings (SSSR count). The summed E-state index contributed by atoms with van der Waals surface area (Å²) in [4.78, 5) is 0. The highest BCUT2D eigenvalue weighted by Gasteiger charge is 2.20. The molecule has 0 bridgehead atoms. The second kappa shape index (κ2) is 4.80. The van der Waals surface area contributed by atoms with E-state index in [1.807, 2.05) is 11.8 Å². The van der Waals surface area contributed by atoms with Crippen LogP contribution in [0.25, 0.3) is 0 Å². The highest BCUT2D eigenvalue weighted by atomic mass is 32.2. The molecule has 1 aliphatic rings. The Morgan fingerprint density at radius 2 is 1.70 bits per heavy atom. The van der Waals surface area contributed by atoms with E-state index in [4.69, 9.17) is 4.74 Å². The molecule has 1 fully saturated rings. The third-order valence-corrected chi connectivity index (χ3v) is 4.15. The summed E-state index contributed by atoms with van der Waals surface area (Å²) in [5.41, 5.74) is 0. The summed E-state index contributed by atoms with van der Waals surface area (Å²) in [7, 11) is 0. The highest BCUT2D eigenvalue weighted by molar-refractivity contribution is 8.01. The van der Waals surface area contributed by atoms with Crippen molar-refractivity contribution in [2.75, 3.05) is 24.7 Å². The first-order valence-corrected chi connectivity index (χ1v) is 5.52. The van der Waals surface area contributed by atoms with Crippen LogP contribution >= 0.6 is 37.0 Å². The molecule has 1 aliphatic heterocycles. The number of ether oxygens (including phenoxy) is 1. The van der Waals surface area contributed by atoms with Crippen molar-refractivity contribution >= 4 is 37.0 Å². The molecule has 4 heteroatoms. The molecule has 2 atom stereocenters. The molecule has 0 radical (unpaired) electrons. The SMILES string of the molecule is SC[C@H]1COC[C@H](CS)S1. The number of rotatable bonds is 2. The van der Waals surface area contributed by atoms with Crippen molar-refractivity contribution in [1.82, 2.24) is 0 Å². The van der Waals surface area contributed by atoms with E-state index in [9.17, 15) is 0 Å². The zero-order valence-electron chi connectivity index (χ0n) is 5.69. The maximum Gasteiger partial charge on any atom is 0.0593 e. The number of thioether (sulfide) groups is 1. The maximum absolute atomic E-state index is 5.36. The lowest BCUT2D eigenvalue weighted by molar-refractivity contribution is 0.134. The van der Waals surface area contributed by atoms with Crippen LogP contribution in [0.2, 0.25) is 0 Å². The lowest BCUT2D eigenvalue weighted by Gasteiger charge is -2.26. The molecule has 0 N–H and O–H groups in total. The van der Waals surface area contributed by atoms with Crippen LogP contribution in [-0.2, 0) is 4.74 Å². The normalized spacial score (nSPS) is 34.2. The quantitative estimate of drug-likeness (QED) is 0.645. The first kappa shape index (κ1) is 9.10. The van der Waals surface area contributed by atoms with E-state index < -0.39 is 0 Å². The van der Waals surface area contributed by atoms with E-state index in [0.29, 0.717) is 10.5 Å². The van der Waals surface area contributed by atoms with E-state index in [-0.39, 0.29) is 0 Å². The molecule has 60 valence electrons. The molecule has 1 saturated heterocycles. The zero-order chi connectivity index (χ0) is 7.40. The van der Waals surface area contributed by atoms with Crippen LogP contribution in [0.15, 0.2) is 0 Å². The summed E-state index contributed by atoms with van der Waals surface area (Å²) in [5.74, 6) is 1.82. The third-order valence-electron chi connectivity index (χ3n) is 1.40. The topological polar surface area (TPSA) is 9.23 Å². The molecule has 0 aromatic rings. The predicted molar refractivity (Wildman–Crippen MR) is 53.7 cm³/mol. The molecule has 0 amide bonds. The Labute approximate surface area is 77.1 Å². The molecule has 1 nitrogen and oxygen atoms in total. The Balaban J connectivity index is 2.25. The Morgan fingerprint density at radius 3 is 2.10 bits per heavy atom. The summed E-state index contributed by atoms with van der Waals surface area (Å²) in [6, 6.07) is 0. The van der Waals surface area contributed by atoms with E-state index >= 15 is 0 Å². The Morgan fingerprint density at radius 1 is 1.20 bits per heavy atom. The molecule has 1 heterocycles. The van der Waals surface area contributed by atoms with Crippen molar-refractivity contribution in [3.05, 3.63) is 0 Å². The summed E-state index contributed by atoms with van der Waals surface area (Å²) in [6.45, 7) is 1.72. The van der Waals surface area contributed by atoms with Crippen molar-refractivity contribution in [2.45, 2.75) is 10.5 Å². The van der Waals surface area contributed by atoms with E-state index in [1.54, 1.807) is 0 Å². The first-order chi connectivity index (χ1) is 4.86. The van der Waals surface area contributed by atoms with Crippen molar-refractivity contribution in [2.24, 2.45) is 0 Å². The molecule has 0 spiro atoms. The van der Waals surface area contributed by atoms with Gasteiger partial charge < -0.3 is 4.74 Å². The lowest BCUT2D eigenvalue weighted by atomic mass is 10.4. The predicted octanol–water partition coefficient (Wildman–Crippen LogP) is 1.35. The zero-order valence-corrected chi connectivity index (χ0v) is 8.30. The Hall–Kier alpha value is 1.01. The molecule has 0 aliphatic carbocycles. The molecule has 0 saturated carbocycles. The van der Waals surface area contributed by atoms with Crippen LogP contribution in [0.3, 0.4) is 0 Å². The van der Waals surface area contributed by atoms with Gasteiger partial charge in [0.05, 0.1) is 13.2 Å². The molecular weight excluding hydrogens is 184 g/mol. The lowest BCUT2D eigenvalue weighted by Crippen LogP contribution is -2.29. The molecular formula is C6H12OS3. The van der Waals surface area contributed by atoms with E-state index in [1.165, 1.54) is 0 Å². The average molecular weight is 196 g/mol. The van der Waals surface area contributed by atoms with Crippen LogP contribution in [-0.4, -0.2) is 35.2 Å². The van der Waals surface area contributed by atoms with Crippen molar-refractivity contribution in [3.63, 3.8) is 0 Å². The van der Waals surface area contributed by atoms with Crippen molar-refractivity contribution in [3.8, 4) is 0 Å². The summed E-state index contributed by atoms with van der Waals surface area (Å²) in [5, 5.41) is 1.16. The Bertz CT molecular complexity index is 89.0. The van der Waals surface area contributed by atoms with Gasteiger partial charge in [0.2, 0.25) is 0 Å². The molecule has 10 heavy (non-hydrogen) atoms. The summed E-state index contributed by atoms with van der Waals surface area (Å²) < 4.78 is 5.36. The van der Waals surface area contributed by atoms with Gasteiger partial charge in [-0.25, -0.2) is 0 Å². The first-order valence-electron chi connectivity index (χ1n) is 3.31. The second-order valence-corrected chi connectivity index (χ2v) is 4.62. The fourth-order valence-electron chi connectivity index (χ4n) is 0.873. The smallest absolute Gasteiger partial charge is 0.0593 e. The minimum Gasteiger partial charge on any atom is -0.379 e. The average Bonchev–Trinajstić information content (AvgIpc) is 2.05. The van der Waals surface area contributed by atoms with E-state index in [2.05, 4.69) is 25.3 Å². The summed E-state index contributed by atoms with van der Waals surface area (Å²) in [6.07, 6.45) is 0. The van der Waals surface area contributed by atoms with Gasteiger partial charge >= 0.3 is 0 Å². The third kappa shape index (κ3) is 2.57. The fourth-order valence-corrected chi connectivity index (χ4v) is 2.67.